The van der Waals surface area contributed by atoms with E-state index in [0.29, 0.717) is 0 Å². The SMILES string of the molecule is O=C(O)C1=CC=CNC1(F)NCC(F)(F)F. The Balaban J connectivity index is 2.80. The van der Waals surface area contributed by atoms with Crippen molar-refractivity contribution in [3.05, 3.63) is 23.9 Å². The zero-order chi connectivity index (χ0) is 12.4. The van der Waals surface area contributed by atoms with Gasteiger partial charge in [-0.15, -0.1) is 0 Å². The van der Waals surface area contributed by atoms with Crippen LogP contribution in [-0.4, -0.2) is 29.7 Å². The first-order valence-electron chi connectivity index (χ1n) is 4.13. The topological polar surface area (TPSA) is 61.4 Å². The highest BCUT2D eigenvalue weighted by Gasteiger charge is 2.41. The number of carboxylic acid groups (broad SMARTS) is 1. The molecule has 0 saturated heterocycles. The number of alkyl halides is 4. The molecule has 0 amide bonds. The molecule has 0 aliphatic carbocycles. The molecule has 8 heteroatoms. The summed E-state index contributed by atoms with van der Waals surface area (Å²) in [6, 6.07) is 0. The van der Waals surface area contributed by atoms with Gasteiger partial charge in [-0.25, -0.2) is 4.79 Å². The second-order valence-electron chi connectivity index (χ2n) is 3.02. The molecule has 1 unspecified atom stereocenters. The predicted octanol–water partition coefficient (Wildman–Crippen LogP) is 0.889. The fraction of sp³-hybridized carbons (Fsp3) is 0.375. The summed E-state index contributed by atoms with van der Waals surface area (Å²) in [6.07, 6.45) is -1.57. The minimum atomic E-state index is -4.63. The molecule has 4 nitrogen and oxygen atoms in total. The lowest BCUT2D eigenvalue weighted by molar-refractivity contribution is -0.141. The van der Waals surface area contributed by atoms with E-state index in [1.807, 2.05) is 5.32 Å². The Morgan fingerprint density at radius 3 is 2.69 bits per heavy atom. The molecule has 1 aliphatic heterocycles. The largest absolute Gasteiger partial charge is 0.478 e. The molecule has 0 radical (unpaired) electrons. The number of carboxylic acids is 1. The van der Waals surface area contributed by atoms with Gasteiger partial charge in [-0.3, -0.25) is 5.32 Å². The van der Waals surface area contributed by atoms with Crippen LogP contribution in [0, 0.1) is 0 Å². The van der Waals surface area contributed by atoms with E-state index in [-0.39, 0.29) is 0 Å². The van der Waals surface area contributed by atoms with E-state index in [2.05, 4.69) is 0 Å². The lowest BCUT2D eigenvalue weighted by Crippen LogP contribution is -2.57. The molecule has 1 heterocycles. The smallest absolute Gasteiger partial charge is 0.401 e. The Bertz CT molecular complexity index is 350. The van der Waals surface area contributed by atoms with Crippen molar-refractivity contribution < 1.29 is 27.5 Å². The fourth-order valence-electron chi connectivity index (χ4n) is 1.09. The summed E-state index contributed by atoms with van der Waals surface area (Å²) < 4.78 is 49.4. The standard InChI is InChI=1S/C8H8F4N2O2/c9-7(10,11)4-14-8(12)5(6(15)16)2-1-3-13-8/h1-3,13-14H,4H2,(H,15,16). The van der Waals surface area contributed by atoms with E-state index in [1.165, 1.54) is 11.4 Å². The number of dihydropyridines is 1. The summed E-state index contributed by atoms with van der Waals surface area (Å²) in [7, 11) is 0. The van der Waals surface area contributed by atoms with E-state index in [1.54, 1.807) is 0 Å². The van der Waals surface area contributed by atoms with Gasteiger partial charge >= 0.3 is 12.1 Å². The van der Waals surface area contributed by atoms with Gasteiger partial charge in [-0.2, -0.15) is 17.6 Å². The molecule has 3 N–H and O–H groups in total. The van der Waals surface area contributed by atoms with Gasteiger partial charge in [0.1, 0.15) is 5.57 Å². The zero-order valence-corrected chi connectivity index (χ0v) is 7.81. The normalized spacial score (nSPS) is 24.9. The number of halogens is 4. The van der Waals surface area contributed by atoms with Crippen molar-refractivity contribution in [1.82, 2.24) is 10.6 Å². The average molecular weight is 240 g/mol. The molecule has 0 bridgehead atoms. The molecule has 16 heavy (non-hydrogen) atoms. The summed E-state index contributed by atoms with van der Waals surface area (Å²) in [5, 5.41) is 12.0. The van der Waals surface area contributed by atoms with E-state index < -0.39 is 30.2 Å². The Hall–Kier alpha value is -1.57. The zero-order valence-electron chi connectivity index (χ0n) is 7.81. The molecule has 0 aromatic rings. The molecular formula is C8H8F4N2O2. The van der Waals surface area contributed by atoms with Gasteiger partial charge in [0.15, 0.2) is 0 Å². The Morgan fingerprint density at radius 2 is 2.19 bits per heavy atom. The first kappa shape index (κ1) is 12.5. The highest BCUT2D eigenvalue weighted by atomic mass is 19.4. The minimum Gasteiger partial charge on any atom is -0.478 e. The van der Waals surface area contributed by atoms with Crippen molar-refractivity contribution in [2.75, 3.05) is 6.54 Å². The van der Waals surface area contributed by atoms with Gasteiger partial charge in [0.2, 0.25) is 0 Å². The van der Waals surface area contributed by atoms with Crippen molar-refractivity contribution in [2.45, 2.75) is 12.1 Å². The van der Waals surface area contributed by atoms with Gasteiger partial charge in [0, 0.05) is 6.20 Å². The highest BCUT2D eigenvalue weighted by molar-refractivity contribution is 5.89. The van der Waals surface area contributed by atoms with Crippen LogP contribution in [-0.2, 0) is 4.79 Å². The van der Waals surface area contributed by atoms with Gasteiger partial charge in [0.05, 0.1) is 6.54 Å². The Kier molecular flexibility index (Phi) is 3.22. The molecule has 1 atom stereocenters. The number of rotatable bonds is 3. The van der Waals surface area contributed by atoms with Crippen LogP contribution in [0.2, 0.25) is 0 Å². The second kappa shape index (κ2) is 4.12. The average Bonchev–Trinajstić information content (AvgIpc) is 2.14. The molecule has 1 aliphatic rings. The summed E-state index contributed by atoms with van der Waals surface area (Å²) in [4.78, 5) is 10.6. The van der Waals surface area contributed by atoms with Crippen molar-refractivity contribution in [2.24, 2.45) is 0 Å². The maximum absolute atomic E-state index is 13.8. The number of nitrogens with one attached hydrogen (secondary N) is 2. The van der Waals surface area contributed by atoms with Crippen molar-refractivity contribution in [1.29, 1.82) is 0 Å². The summed E-state index contributed by atoms with van der Waals surface area (Å²) in [5.74, 6) is -4.56. The van der Waals surface area contributed by atoms with Crippen LogP contribution in [0.4, 0.5) is 17.6 Å². The number of allylic oxidation sites excluding steroid dienone is 2. The lowest BCUT2D eigenvalue weighted by atomic mass is 10.1. The highest BCUT2D eigenvalue weighted by Crippen LogP contribution is 2.22. The maximum atomic E-state index is 13.8. The molecule has 0 aromatic carbocycles. The third-order valence-corrected chi connectivity index (χ3v) is 1.78. The van der Waals surface area contributed by atoms with E-state index in [4.69, 9.17) is 5.11 Å². The lowest BCUT2D eigenvalue weighted by Gasteiger charge is -2.29. The molecular weight excluding hydrogens is 232 g/mol. The number of aliphatic carboxylic acids is 1. The Labute approximate surface area is 87.6 Å². The quantitative estimate of drug-likeness (QED) is 0.506. The second-order valence-corrected chi connectivity index (χ2v) is 3.02. The van der Waals surface area contributed by atoms with E-state index in [9.17, 15) is 22.4 Å². The minimum absolute atomic E-state index is 0.834. The van der Waals surface area contributed by atoms with E-state index >= 15 is 0 Å². The number of carbonyl (C=O) groups is 1. The maximum Gasteiger partial charge on any atom is 0.401 e. The van der Waals surface area contributed by atoms with Crippen molar-refractivity contribution in [3.8, 4) is 0 Å². The summed E-state index contributed by atoms with van der Waals surface area (Å²) in [5.41, 5.74) is -0.834. The molecule has 0 saturated carbocycles. The van der Waals surface area contributed by atoms with Crippen LogP contribution >= 0.6 is 0 Å². The molecule has 90 valence electrons. The molecule has 0 spiro atoms. The number of hydrogen-bond acceptors (Lipinski definition) is 3. The van der Waals surface area contributed by atoms with Crippen LogP contribution < -0.4 is 10.6 Å². The van der Waals surface area contributed by atoms with Crippen LogP contribution in [0.3, 0.4) is 0 Å². The first-order chi connectivity index (χ1) is 7.25. The summed E-state index contributed by atoms with van der Waals surface area (Å²) in [6.45, 7) is -1.64. The van der Waals surface area contributed by atoms with Gasteiger partial charge in [-0.05, 0) is 12.2 Å². The van der Waals surface area contributed by atoms with Crippen LogP contribution in [0.1, 0.15) is 0 Å². The molecule has 0 aromatic heterocycles. The fourth-order valence-corrected chi connectivity index (χ4v) is 1.09. The third kappa shape index (κ3) is 2.96. The van der Waals surface area contributed by atoms with Crippen LogP contribution in [0.15, 0.2) is 23.9 Å². The van der Waals surface area contributed by atoms with Crippen molar-refractivity contribution >= 4 is 5.97 Å². The van der Waals surface area contributed by atoms with Gasteiger partial charge < -0.3 is 10.4 Å². The Morgan fingerprint density at radius 1 is 1.56 bits per heavy atom. The summed E-state index contributed by atoms with van der Waals surface area (Å²) >= 11 is 0. The monoisotopic (exact) mass is 240 g/mol. The predicted molar refractivity (Wildman–Crippen MR) is 45.9 cm³/mol. The molecule has 1 rings (SSSR count). The van der Waals surface area contributed by atoms with Gasteiger partial charge in [-0.1, -0.05) is 0 Å². The van der Waals surface area contributed by atoms with Crippen LogP contribution in [0.25, 0.3) is 0 Å². The van der Waals surface area contributed by atoms with Crippen LogP contribution in [0.5, 0.6) is 0 Å². The first-order valence-corrected chi connectivity index (χ1v) is 4.13. The van der Waals surface area contributed by atoms with Gasteiger partial charge in [0.25, 0.3) is 5.92 Å². The van der Waals surface area contributed by atoms with Crippen molar-refractivity contribution in [3.63, 3.8) is 0 Å². The van der Waals surface area contributed by atoms with E-state index in [0.717, 1.165) is 12.3 Å². The third-order valence-electron chi connectivity index (χ3n) is 1.78. The molecule has 0 fully saturated rings. The number of hydrogen-bond donors (Lipinski definition) is 3.